The molecule has 4 rings (SSSR count). The molecule has 1 aliphatic heterocycles. The summed E-state index contributed by atoms with van der Waals surface area (Å²) < 4.78 is 8.20. The maximum Gasteiger partial charge on any atom is 0.119 e. The highest BCUT2D eigenvalue weighted by atomic mass is 16.5. The smallest absolute Gasteiger partial charge is 0.119 e. The molecule has 1 atom stereocenters. The second-order valence-electron chi connectivity index (χ2n) is 8.74. The normalized spacial score (nSPS) is 16.2. The maximum atomic E-state index is 9.83. The molecule has 2 aromatic carbocycles. The summed E-state index contributed by atoms with van der Waals surface area (Å²) >= 11 is 0. The summed E-state index contributed by atoms with van der Waals surface area (Å²) in [6, 6.07) is 16.6. The molecule has 180 valence electrons. The predicted molar refractivity (Wildman–Crippen MR) is 136 cm³/mol. The summed E-state index contributed by atoms with van der Waals surface area (Å²) in [5.41, 5.74) is 3.40. The largest absolute Gasteiger partial charge is 0.490 e. The van der Waals surface area contributed by atoms with Crippen LogP contribution in [0.25, 0.3) is 17.2 Å². The van der Waals surface area contributed by atoms with Crippen molar-refractivity contribution in [1.29, 1.82) is 0 Å². The molecule has 1 aromatic heterocycles. The topological polar surface area (TPSA) is 70.8 Å². The van der Waals surface area contributed by atoms with E-state index < -0.39 is 0 Å². The van der Waals surface area contributed by atoms with Gasteiger partial charge in [0, 0.05) is 38.4 Å². The molecule has 1 unspecified atom stereocenters. The third-order valence-electron chi connectivity index (χ3n) is 6.47. The molecular formula is C28H35N3O3. The van der Waals surface area contributed by atoms with Gasteiger partial charge in [0.15, 0.2) is 0 Å². The number of nitrogens with zero attached hydrogens (tertiary/aromatic N) is 3. The molecule has 0 spiro atoms. The Labute approximate surface area is 202 Å². The van der Waals surface area contributed by atoms with E-state index in [2.05, 4.69) is 53.2 Å². The van der Waals surface area contributed by atoms with Gasteiger partial charge in [-0.1, -0.05) is 55.5 Å². The van der Waals surface area contributed by atoms with Crippen LogP contribution in [0.15, 0.2) is 67.0 Å². The van der Waals surface area contributed by atoms with Crippen LogP contribution in [0.1, 0.15) is 37.2 Å². The molecule has 2 heterocycles. The van der Waals surface area contributed by atoms with E-state index in [4.69, 9.17) is 9.84 Å². The quantitative estimate of drug-likeness (QED) is 0.474. The standard InChI is InChI=1S/C28H35N3O3/c1-2-28-29-15-18-31(28)25(21-33)10-5-22-3-6-23(7-4-22)24-8-11-26(12-9-24)34-27-13-16-30(17-14-27)19-20-32/h3-12,15,18,25,27,32-33H,2,13-14,16-17,19-21H2,1H3/b10-5+. The number of β-amino-alcohol motifs (C(OH)–C–C–N with tert-alkyl or cyclic N) is 1. The van der Waals surface area contributed by atoms with E-state index in [-0.39, 0.29) is 25.4 Å². The van der Waals surface area contributed by atoms with E-state index in [0.717, 1.165) is 67.2 Å². The van der Waals surface area contributed by atoms with Crippen LogP contribution in [0, 0.1) is 0 Å². The Balaban J connectivity index is 1.34. The van der Waals surface area contributed by atoms with Crippen molar-refractivity contribution in [2.45, 2.75) is 38.3 Å². The van der Waals surface area contributed by atoms with Gasteiger partial charge in [-0.15, -0.1) is 0 Å². The minimum atomic E-state index is -0.119. The molecule has 0 radical (unpaired) electrons. The Morgan fingerprint density at radius 3 is 2.32 bits per heavy atom. The Morgan fingerprint density at radius 2 is 1.71 bits per heavy atom. The highest BCUT2D eigenvalue weighted by molar-refractivity contribution is 5.66. The monoisotopic (exact) mass is 461 g/mol. The number of hydrogen-bond donors (Lipinski definition) is 2. The van der Waals surface area contributed by atoms with Crippen molar-refractivity contribution in [1.82, 2.24) is 14.5 Å². The van der Waals surface area contributed by atoms with Crippen LogP contribution in [-0.4, -0.2) is 63.6 Å². The Bertz CT molecular complexity index is 1040. The molecular weight excluding hydrogens is 426 g/mol. The fourth-order valence-corrected chi connectivity index (χ4v) is 4.48. The number of likely N-dealkylation sites (tertiary alicyclic amines) is 1. The van der Waals surface area contributed by atoms with Crippen molar-refractivity contribution in [2.24, 2.45) is 0 Å². The van der Waals surface area contributed by atoms with Crippen LogP contribution in [0.5, 0.6) is 5.75 Å². The van der Waals surface area contributed by atoms with Crippen molar-refractivity contribution in [3.05, 3.63) is 78.4 Å². The number of piperidine rings is 1. The number of benzene rings is 2. The molecule has 2 N–H and O–H groups in total. The molecule has 0 bridgehead atoms. The van der Waals surface area contributed by atoms with Gasteiger partial charge < -0.3 is 24.4 Å². The van der Waals surface area contributed by atoms with E-state index >= 15 is 0 Å². The van der Waals surface area contributed by atoms with Crippen LogP contribution in [0.4, 0.5) is 0 Å². The van der Waals surface area contributed by atoms with E-state index in [1.165, 1.54) is 0 Å². The zero-order chi connectivity index (χ0) is 23.8. The fourth-order valence-electron chi connectivity index (χ4n) is 4.48. The zero-order valence-corrected chi connectivity index (χ0v) is 19.9. The molecule has 1 saturated heterocycles. The lowest BCUT2D eigenvalue weighted by Gasteiger charge is -2.31. The van der Waals surface area contributed by atoms with Gasteiger partial charge in [0.2, 0.25) is 0 Å². The number of aryl methyl sites for hydroxylation is 1. The highest BCUT2D eigenvalue weighted by Crippen LogP contribution is 2.25. The number of ether oxygens (including phenoxy) is 1. The average molecular weight is 462 g/mol. The van der Waals surface area contributed by atoms with Gasteiger partial charge in [0.1, 0.15) is 17.7 Å². The fraction of sp³-hybridized carbons (Fsp3) is 0.393. The number of aromatic nitrogens is 2. The van der Waals surface area contributed by atoms with Crippen molar-refractivity contribution < 1.29 is 14.9 Å². The Hall–Kier alpha value is -2.93. The first-order valence-electron chi connectivity index (χ1n) is 12.2. The van der Waals surface area contributed by atoms with Gasteiger partial charge in [-0.25, -0.2) is 4.98 Å². The van der Waals surface area contributed by atoms with Gasteiger partial charge in [-0.3, -0.25) is 0 Å². The lowest BCUT2D eigenvalue weighted by atomic mass is 10.0. The third-order valence-corrected chi connectivity index (χ3v) is 6.47. The van der Waals surface area contributed by atoms with E-state index in [1.807, 2.05) is 35.0 Å². The number of hydrogen-bond acceptors (Lipinski definition) is 5. The number of imidazole rings is 1. The van der Waals surface area contributed by atoms with Crippen LogP contribution in [-0.2, 0) is 6.42 Å². The molecule has 1 fully saturated rings. The average Bonchev–Trinajstić information content (AvgIpc) is 3.35. The second-order valence-corrected chi connectivity index (χ2v) is 8.74. The lowest BCUT2D eigenvalue weighted by Crippen LogP contribution is -2.39. The summed E-state index contributed by atoms with van der Waals surface area (Å²) in [7, 11) is 0. The summed E-state index contributed by atoms with van der Waals surface area (Å²) in [6.07, 6.45) is 10.8. The molecule has 3 aromatic rings. The summed E-state index contributed by atoms with van der Waals surface area (Å²) in [5.74, 6) is 1.88. The van der Waals surface area contributed by atoms with Gasteiger partial charge >= 0.3 is 0 Å². The predicted octanol–water partition coefficient (Wildman–Crippen LogP) is 4.19. The number of rotatable bonds is 10. The van der Waals surface area contributed by atoms with Gasteiger partial charge in [0.05, 0.1) is 19.3 Å². The van der Waals surface area contributed by atoms with Crippen molar-refractivity contribution in [3.8, 4) is 16.9 Å². The van der Waals surface area contributed by atoms with Crippen molar-refractivity contribution in [3.63, 3.8) is 0 Å². The van der Waals surface area contributed by atoms with Crippen molar-refractivity contribution >= 4 is 6.08 Å². The minimum Gasteiger partial charge on any atom is -0.490 e. The lowest BCUT2D eigenvalue weighted by molar-refractivity contribution is 0.0889. The molecule has 0 aliphatic carbocycles. The Kier molecular flexibility index (Phi) is 8.52. The molecule has 6 heteroatoms. The highest BCUT2D eigenvalue weighted by Gasteiger charge is 2.20. The van der Waals surface area contributed by atoms with E-state index in [0.29, 0.717) is 0 Å². The molecule has 34 heavy (non-hydrogen) atoms. The van der Waals surface area contributed by atoms with Crippen LogP contribution >= 0.6 is 0 Å². The first-order chi connectivity index (χ1) is 16.7. The molecule has 0 amide bonds. The summed E-state index contributed by atoms with van der Waals surface area (Å²) in [4.78, 5) is 6.63. The molecule has 1 aliphatic rings. The van der Waals surface area contributed by atoms with Gasteiger partial charge in [-0.05, 0) is 41.7 Å². The van der Waals surface area contributed by atoms with Crippen LogP contribution < -0.4 is 4.74 Å². The Morgan fingerprint density at radius 1 is 1.03 bits per heavy atom. The van der Waals surface area contributed by atoms with E-state index in [9.17, 15) is 5.11 Å². The third kappa shape index (κ3) is 6.14. The summed E-state index contributed by atoms with van der Waals surface area (Å²) in [5, 5.41) is 18.9. The SMILES string of the molecule is CCc1nccn1C(/C=C/c1ccc(-c2ccc(OC3CCN(CCO)CC3)cc2)cc1)CO. The van der Waals surface area contributed by atoms with E-state index in [1.54, 1.807) is 6.20 Å². The molecule has 6 nitrogen and oxygen atoms in total. The molecule has 0 saturated carbocycles. The maximum absolute atomic E-state index is 9.83. The van der Waals surface area contributed by atoms with Gasteiger partial charge in [-0.2, -0.15) is 0 Å². The van der Waals surface area contributed by atoms with Crippen LogP contribution in [0.2, 0.25) is 0 Å². The van der Waals surface area contributed by atoms with Gasteiger partial charge in [0.25, 0.3) is 0 Å². The number of aliphatic hydroxyl groups excluding tert-OH is 2. The first-order valence-corrected chi connectivity index (χ1v) is 12.2. The van der Waals surface area contributed by atoms with Crippen LogP contribution in [0.3, 0.4) is 0 Å². The van der Waals surface area contributed by atoms with Crippen molar-refractivity contribution in [2.75, 3.05) is 32.8 Å². The summed E-state index contributed by atoms with van der Waals surface area (Å²) in [6.45, 7) is 5.03. The number of aliphatic hydroxyl groups is 2. The minimum absolute atomic E-state index is 0.0358. The zero-order valence-electron chi connectivity index (χ0n) is 19.9. The first kappa shape index (κ1) is 24.2. The second kappa shape index (κ2) is 12.0.